The van der Waals surface area contributed by atoms with Crippen molar-refractivity contribution >= 4 is 29.2 Å². The molecular formula is C17H18ClFN2O5. The van der Waals surface area contributed by atoms with Crippen LogP contribution in [0.2, 0.25) is 5.02 Å². The van der Waals surface area contributed by atoms with Crippen LogP contribution >= 0.6 is 11.6 Å². The number of carbonyl (C=O) groups is 2. The molecule has 0 saturated heterocycles. The summed E-state index contributed by atoms with van der Waals surface area (Å²) in [4.78, 5) is 30.9. The van der Waals surface area contributed by atoms with Crippen molar-refractivity contribution in [1.82, 2.24) is 4.90 Å². The number of ether oxygens (including phenoxy) is 1. The number of aliphatic carboxylic acids is 1. The second kappa shape index (κ2) is 7.59. The monoisotopic (exact) mass is 384 g/mol. The highest BCUT2D eigenvalue weighted by atomic mass is 35.5. The Morgan fingerprint density at radius 3 is 2.85 bits per heavy atom. The summed E-state index contributed by atoms with van der Waals surface area (Å²) in [6.07, 6.45) is 0.492. The predicted octanol–water partition coefficient (Wildman–Crippen LogP) is 2.06. The van der Waals surface area contributed by atoms with Crippen molar-refractivity contribution in [3.63, 3.8) is 0 Å². The summed E-state index contributed by atoms with van der Waals surface area (Å²) in [5.41, 5.74) is 0.426. The number of carboxylic acid groups (broad SMARTS) is 1. The SMILES string of the molecule is COCC(C(=O)O)N(C(=O)C1CC(c2cccc(Cl)c2F)=NO1)C1CC1. The van der Waals surface area contributed by atoms with Gasteiger partial charge in [0.1, 0.15) is 0 Å². The molecule has 1 fully saturated rings. The summed E-state index contributed by atoms with van der Waals surface area (Å²) in [7, 11) is 1.38. The molecule has 1 saturated carbocycles. The van der Waals surface area contributed by atoms with Crippen LogP contribution in [0.1, 0.15) is 24.8 Å². The topological polar surface area (TPSA) is 88.4 Å². The van der Waals surface area contributed by atoms with E-state index in [-0.39, 0.29) is 35.4 Å². The van der Waals surface area contributed by atoms with Gasteiger partial charge in [-0.2, -0.15) is 0 Å². The normalized spacial score (nSPS) is 20.3. The Morgan fingerprint density at radius 2 is 2.23 bits per heavy atom. The van der Waals surface area contributed by atoms with E-state index in [9.17, 15) is 19.1 Å². The standard InChI is InChI=1S/C17H18ClFN2O5/c1-25-8-13(17(23)24)21(9-5-6-9)16(22)14-7-12(20-26-14)10-3-2-4-11(18)15(10)19/h2-4,9,13-14H,5-8H2,1H3,(H,23,24). The second-order valence-corrected chi connectivity index (χ2v) is 6.63. The fourth-order valence-electron chi connectivity index (χ4n) is 2.93. The van der Waals surface area contributed by atoms with Crippen molar-refractivity contribution in [3.05, 3.63) is 34.6 Å². The molecule has 1 aliphatic heterocycles. The molecule has 9 heteroatoms. The summed E-state index contributed by atoms with van der Waals surface area (Å²) in [5, 5.41) is 13.2. The van der Waals surface area contributed by atoms with Crippen LogP contribution < -0.4 is 0 Å². The Hall–Kier alpha value is -2.19. The average molecular weight is 385 g/mol. The van der Waals surface area contributed by atoms with Crippen LogP contribution in [-0.4, -0.2) is 59.5 Å². The van der Waals surface area contributed by atoms with Gasteiger partial charge >= 0.3 is 5.97 Å². The van der Waals surface area contributed by atoms with Gasteiger partial charge in [-0.3, -0.25) is 4.79 Å². The molecule has 26 heavy (non-hydrogen) atoms. The van der Waals surface area contributed by atoms with Crippen molar-refractivity contribution in [2.45, 2.75) is 37.5 Å². The molecule has 1 heterocycles. The van der Waals surface area contributed by atoms with E-state index in [4.69, 9.17) is 21.2 Å². The second-order valence-electron chi connectivity index (χ2n) is 6.22. The van der Waals surface area contributed by atoms with Gasteiger partial charge in [-0.1, -0.05) is 22.8 Å². The van der Waals surface area contributed by atoms with E-state index in [1.54, 1.807) is 6.07 Å². The fraction of sp³-hybridized carbons (Fsp3) is 0.471. The van der Waals surface area contributed by atoms with Gasteiger partial charge in [0.25, 0.3) is 5.91 Å². The maximum Gasteiger partial charge on any atom is 0.328 e. The van der Waals surface area contributed by atoms with Crippen LogP contribution in [0.3, 0.4) is 0 Å². The minimum atomic E-state index is -1.15. The van der Waals surface area contributed by atoms with Gasteiger partial charge in [-0.25, -0.2) is 9.18 Å². The van der Waals surface area contributed by atoms with Crippen LogP contribution in [0.25, 0.3) is 0 Å². The molecule has 1 aromatic carbocycles. The summed E-state index contributed by atoms with van der Waals surface area (Å²) in [6, 6.07) is 3.23. The third-order valence-corrected chi connectivity index (χ3v) is 4.64. The molecule has 3 rings (SSSR count). The highest BCUT2D eigenvalue weighted by molar-refractivity contribution is 6.31. The lowest BCUT2D eigenvalue weighted by molar-refractivity contribution is -0.158. The van der Waals surface area contributed by atoms with Crippen LogP contribution in [-0.2, 0) is 19.2 Å². The third-order valence-electron chi connectivity index (χ3n) is 4.35. The van der Waals surface area contributed by atoms with E-state index >= 15 is 0 Å². The summed E-state index contributed by atoms with van der Waals surface area (Å²) < 4.78 is 19.1. The quantitative estimate of drug-likeness (QED) is 0.777. The van der Waals surface area contributed by atoms with Gasteiger partial charge in [-0.15, -0.1) is 0 Å². The lowest BCUT2D eigenvalue weighted by Gasteiger charge is -2.30. The van der Waals surface area contributed by atoms with Crippen molar-refractivity contribution in [3.8, 4) is 0 Å². The molecular weight excluding hydrogens is 367 g/mol. The number of carbonyl (C=O) groups excluding carboxylic acids is 1. The zero-order chi connectivity index (χ0) is 18.8. The summed E-state index contributed by atoms with van der Waals surface area (Å²) >= 11 is 5.78. The average Bonchev–Trinajstić information content (AvgIpc) is 3.32. The molecule has 7 nitrogen and oxygen atoms in total. The van der Waals surface area contributed by atoms with Crippen LogP contribution in [0.15, 0.2) is 23.4 Å². The van der Waals surface area contributed by atoms with E-state index in [0.29, 0.717) is 0 Å². The first-order valence-electron chi connectivity index (χ1n) is 8.15. The maximum atomic E-state index is 14.2. The number of amides is 1. The number of rotatable bonds is 7. The van der Waals surface area contributed by atoms with E-state index in [1.807, 2.05) is 0 Å². The van der Waals surface area contributed by atoms with Crippen molar-refractivity contribution < 1.29 is 28.7 Å². The fourth-order valence-corrected chi connectivity index (χ4v) is 3.11. The number of carboxylic acids is 1. The molecule has 1 aromatic rings. The smallest absolute Gasteiger partial charge is 0.328 e. The first-order chi connectivity index (χ1) is 12.4. The van der Waals surface area contributed by atoms with Gasteiger partial charge in [0.05, 0.1) is 17.3 Å². The molecule has 1 N–H and O–H groups in total. The number of halogens is 2. The van der Waals surface area contributed by atoms with Gasteiger partial charge in [0.15, 0.2) is 11.9 Å². The largest absolute Gasteiger partial charge is 0.480 e. The lowest BCUT2D eigenvalue weighted by Crippen LogP contribution is -2.52. The van der Waals surface area contributed by atoms with Crippen LogP contribution in [0.5, 0.6) is 0 Å². The van der Waals surface area contributed by atoms with Gasteiger partial charge < -0.3 is 19.6 Å². The zero-order valence-electron chi connectivity index (χ0n) is 14.0. The van der Waals surface area contributed by atoms with Crippen molar-refractivity contribution in [2.75, 3.05) is 13.7 Å². The minimum Gasteiger partial charge on any atom is -0.480 e. The third kappa shape index (κ3) is 3.66. The molecule has 2 unspecified atom stereocenters. The van der Waals surface area contributed by atoms with Crippen LogP contribution in [0.4, 0.5) is 4.39 Å². The number of nitrogens with zero attached hydrogens (tertiary/aromatic N) is 2. The van der Waals surface area contributed by atoms with Crippen LogP contribution in [0, 0.1) is 5.82 Å². The molecule has 2 atom stereocenters. The van der Waals surface area contributed by atoms with Crippen molar-refractivity contribution in [2.24, 2.45) is 5.16 Å². The number of benzene rings is 1. The molecule has 0 bridgehead atoms. The Balaban J connectivity index is 1.76. The number of methoxy groups -OCH3 is 1. The molecule has 1 aliphatic carbocycles. The van der Waals surface area contributed by atoms with E-state index in [0.717, 1.165) is 12.8 Å². The highest BCUT2D eigenvalue weighted by Crippen LogP contribution is 2.32. The maximum absolute atomic E-state index is 14.2. The van der Waals surface area contributed by atoms with Gasteiger partial charge in [-0.05, 0) is 25.0 Å². The molecule has 140 valence electrons. The molecule has 1 amide bonds. The lowest BCUT2D eigenvalue weighted by atomic mass is 10.0. The first kappa shape index (κ1) is 18.6. The van der Waals surface area contributed by atoms with Gasteiger partial charge in [0, 0.05) is 25.1 Å². The number of hydrogen-bond acceptors (Lipinski definition) is 5. The summed E-state index contributed by atoms with van der Waals surface area (Å²) in [6.45, 7) is -0.124. The molecule has 0 aromatic heterocycles. The Kier molecular flexibility index (Phi) is 5.43. The minimum absolute atomic E-state index is 0.0403. The van der Waals surface area contributed by atoms with Crippen molar-refractivity contribution in [1.29, 1.82) is 0 Å². The molecule has 0 radical (unpaired) electrons. The highest BCUT2D eigenvalue weighted by Gasteiger charge is 2.45. The molecule has 0 spiro atoms. The Morgan fingerprint density at radius 1 is 1.50 bits per heavy atom. The summed E-state index contributed by atoms with van der Waals surface area (Å²) in [5.74, 6) is -2.27. The number of hydrogen-bond donors (Lipinski definition) is 1. The number of oxime groups is 1. The van der Waals surface area contributed by atoms with E-state index in [2.05, 4.69) is 5.16 Å². The molecule has 2 aliphatic rings. The Bertz CT molecular complexity index is 753. The van der Waals surface area contributed by atoms with E-state index in [1.165, 1.54) is 24.1 Å². The first-order valence-corrected chi connectivity index (χ1v) is 8.52. The van der Waals surface area contributed by atoms with Gasteiger partial charge in [0.2, 0.25) is 6.10 Å². The zero-order valence-corrected chi connectivity index (χ0v) is 14.8. The predicted molar refractivity (Wildman–Crippen MR) is 90.6 cm³/mol. The van der Waals surface area contributed by atoms with E-state index < -0.39 is 29.8 Å². The Labute approximate surface area is 154 Å².